The van der Waals surface area contributed by atoms with Gasteiger partial charge in [0.2, 0.25) is 0 Å². The van der Waals surface area contributed by atoms with Crippen LogP contribution in [0.15, 0.2) is 44.9 Å². The molecule has 3 aliphatic heterocycles. The normalized spacial score (nSPS) is 24.8. The number of rotatable bonds is 6. The predicted molar refractivity (Wildman–Crippen MR) is 136 cm³/mol. The first-order valence-electron chi connectivity index (χ1n) is 10.8. The minimum atomic E-state index is -3.61. The zero-order valence-electron chi connectivity index (χ0n) is 18.2. The van der Waals surface area contributed by atoms with E-state index < -0.39 is 19.9 Å². The van der Waals surface area contributed by atoms with E-state index in [9.17, 15) is 16.8 Å². The van der Waals surface area contributed by atoms with Crippen molar-refractivity contribution in [1.82, 2.24) is 4.90 Å². The van der Waals surface area contributed by atoms with Gasteiger partial charge in [-0.2, -0.15) is 0 Å². The number of hydrogen-bond donors (Lipinski definition) is 1. The number of aliphatic imine (C=N–C) groups is 1. The van der Waals surface area contributed by atoms with E-state index in [1.807, 2.05) is 18.2 Å². The lowest BCUT2D eigenvalue weighted by molar-refractivity contribution is 0.298. The SMILES string of the molecule is CN(c1cccc2c1NC(C1=NCC(CN3CCS(=O)(=O)CC3)S1)C2)S(=O)(=O)c1cccs1. The smallest absolute Gasteiger partial charge is 0.273 e. The molecular formula is C21H26N4O4S4. The Morgan fingerprint density at radius 2 is 2.00 bits per heavy atom. The van der Waals surface area contributed by atoms with Crippen LogP contribution in [0.1, 0.15) is 5.56 Å². The molecule has 0 spiro atoms. The fourth-order valence-corrected chi connectivity index (χ4v) is 9.28. The van der Waals surface area contributed by atoms with E-state index in [1.54, 1.807) is 36.3 Å². The third-order valence-electron chi connectivity index (χ3n) is 6.26. The Bertz CT molecular complexity index is 1260. The third-order valence-corrected chi connectivity index (χ3v) is 12.3. The number of para-hydroxylation sites is 1. The molecule has 0 radical (unpaired) electrons. The topological polar surface area (TPSA) is 99.1 Å². The maximum absolute atomic E-state index is 13.0. The molecule has 0 aliphatic carbocycles. The van der Waals surface area contributed by atoms with Crippen LogP contribution >= 0.6 is 23.1 Å². The van der Waals surface area contributed by atoms with Gasteiger partial charge in [-0.25, -0.2) is 16.8 Å². The molecule has 1 aromatic heterocycles. The van der Waals surface area contributed by atoms with E-state index in [0.29, 0.717) is 28.2 Å². The molecule has 0 saturated carbocycles. The van der Waals surface area contributed by atoms with Crippen molar-refractivity contribution in [1.29, 1.82) is 0 Å². The lowest BCUT2D eigenvalue weighted by Gasteiger charge is -2.28. The maximum Gasteiger partial charge on any atom is 0.273 e. The number of nitrogens with zero attached hydrogens (tertiary/aromatic N) is 3. The molecule has 1 aromatic carbocycles. The minimum absolute atomic E-state index is 0.0238. The molecule has 4 heterocycles. The summed E-state index contributed by atoms with van der Waals surface area (Å²) in [6.45, 7) is 2.74. The van der Waals surface area contributed by atoms with Gasteiger partial charge in [0.25, 0.3) is 10.0 Å². The van der Waals surface area contributed by atoms with Gasteiger partial charge >= 0.3 is 0 Å². The van der Waals surface area contributed by atoms with E-state index in [0.717, 1.165) is 35.8 Å². The zero-order valence-corrected chi connectivity index (χ0v) is 21.4. The van der Waals surface area contributed by atoms with E-state index in [1.165, 1.54) is 15.6 Å². The third kappa shape index (κ3) is 4.68. The molecule has 2 unspecified atom stereocenters. The fraction of sp³-hybridized carbons (Fsp3) is 0.476. The van der Waals surface area contributed by atoms with Gasteiger partial charge in [0, 0.05) is 38.4 Å². The molecule has 8 nitrogen and oxygen atoms in total. The summed E-state index contributed by atoms with van der Waals surface area (Å²) in [5, 5.41) is 6.64. The van der Waals surface area contributed by atoms with Crippen LogP contribution in [0.2, 0.25) is 0 Å². The summed E-state index contributed by atoms with van der Waals surface area (Å²) in [5.74, 6) is 0.477. The van der Waals surface area contributed by atoms with E-state index in [2.05, 4.69) is 10.2 Å². The highest BCUT2D eigenvalue weighted by Crippen LogP contribution is 2.40. The Balaban J connectivity index is 1.25. The lowest BCUT2D eigenvalue weighted by Crippen LogP contribution is -2.43. The number of anilines is 2. The van der Waals surface area contributed by atoms with Crippen molar-refractivity contribution in [2.24, 2.45) is 4.99 Å². The summed E-state index contributed by atoms with van der Waals surface area (Å²) in [5.41, 5.74) is 2.56. The second-order valence-corrected chi connectivity index (χ2v) is 15.3. The van der Waals surface area contributed by atoms with Gasteiger partial charge in [-0.15, -0.1) is 23.1 Å². The van der Waals surface area contributed by atoms with Crippen LogP contribution in [0.25, 0.3) is 0 Å². The average Bonchev–Trinajstić information content (AvgIpc) is 3.54. The standard InChI is InChI=1S/C21H26N4O4S4/c1-24(33(28,29)19-6-3-9-30-19)18-5-2-4-15-12-17(23-20(15)18)21-22-13-16(31-21)14-25-7-10-32(26,27)11-8-25/h2-6,9,16-17,23H,7-8,10-14H2,1H3. The molecule has 33 heavy (non-hydrogen) atoms. The summed E-state index contributed by atoms with van der Waals surface area (Å²) in [7, 11) is -4.89. The van der Waals surface area contributed by atoms with Crippen LogP contribution in [-0.2, 0) is 26.3 Å². The quantitative estimate of drug-likeness (QED) is 0.616. The lowest BCUT2D eigenvalue weighted by atomic mass is 10.1. The largest absolute Gasteiger partial charge is 0.374 e. The monoisotopic (exact) mass is 526 g/mol. The number of nitrogens with one attached hydrogen (secondary N) is 1. The van der Waals surface area contributed by atoms with Gasteiger partial charge in [0.15, 0.2) is 9.84 Å². The van der Waals surface area contributed by atoms with Crippen molar-refractivity contribution in [2.75, 3.05) is 54.4 Å². The molecule has 2 atom stereocenters. The first kappa shape index (κ1) is 23.2. The molecule has 1 N–H and O–H groups in total. The Morgan fingerprint density at radius 3 is 2.73 bits per heavy atom. The van der Waals surface area contributed by atoms with Gasteiger partial charge in [0.05, 0.1) is 40.5 Å². The predicted octanol–water partition coefficient (Wildman–Crippen LogP) is 2.15. The zero-order chi connectivity index (χ0) is 23.2. The van der Waals surface area contributed by atoms with Crippen molar-refractivity contribution < 1.29 is 16.8 Å². The summed E-state index contributed by atoms with van der Waals surface area (Å²) in [6, 6.07) is 9.15. The molecule has 0 amide bonds. The van der Waals surface area contributed by atoms with Crippen molar-refractivity contribution in [3.05, 3.63) is 41.3 Å². The number of benzene rings is 1. The van der Waals surface area contributed by atoms with Crippen LogP contribution in [-0.4, -0.2) is 82.8 Å². The summed E-state index contributed by atoms with van der Waals surface area (Å²) in [6.07, 6.45) is 0.760. The summed E-state index contributed by atoms with van der Waals surface area (Å²) >= 11 is 2.97. The molecule has 5 rings (SSSR count). The first-order chi connectivity index (χ1) is 15.7. The van der Waals surface area contributed by atoms with Crippen LogP contribution in [0.5, 0.6) is 0 Å². The van der Waals surface area contributed by atoms with Crippen LogP contribution in [0, 0.1) is 0 Å². The summed E-state index contributed by atoms with van der Waals surface area (Å²) < 4.78 is 51.1. The second kappa shape index (κ2) is 8.88. The van der Waals surface area contributed by atoms with Crippen LogP contribution in [0.4, 0.5) is 11.4 Å². The van der Waals surface area contributed by atoms with Gasteiger partial charge in [0.1, 0.15) is 4.21 Å². The molecule has 1 fully saturated rings. The number of thiophene rings is 1. The Kier molecular flexibility index (Phi) is 6.23. The highest BCUT2D eigenvalue weighted by atomic mass is 32.2. The Hall–Kier alpha value is -1.60. The Morgan fingerprint density at radius 1 is 1.21 bits per heavy atom. The minimum Gasteiger partial charge on any atom is -0.374 e. The van der Waals surface area contributed by atoms with Crippen molar-refractivity contribution in [3.8, 4) is 0 Å². The van der Waals surface area contributed by atoms with Crippen LogP contribution in [0.3, 0.4) is 0 Å². The highest BCUT2D eigenvalue weighted by Gasteiger charge is 2.35. The summed E-state index contributed by atoms with van der Waals surface area (Å²) in [4.78, 5) is 7.00. The number of sulfone groups is 1. The van der Waals surface area contributed by atoms with Gasteiger partial charge in [-0.1, -0.05) is 18.2 Å². The molecule has 178 valence electrons. The van der Waals surface area contributed by atoms with Crippen LogP contribution < -0.4 is 9.62 Å². The van der Waals surface area contributed by atoms with Crippen molar-refractivity contribution in [2.45, 2.75) is 21.9 Å². The van der Waals surface area contributed by atoms with E-state index in [4.69, 9.17) is 4.99 Å². The Labute approximate surface area is 203 Å². The molecule has 0 bridgehead atoms. The molecular weight excluding hydrogens is 501 g/mol. The fourth-order valence-electron chi connectivity index (χ4n) is 4.40. The number of sulfonamides is 1. The van der Waals surface area contributed by atoms with E-state index >= 15 is 0 Å². The molecule has 1 saturated heterocycles. The first-order valence-corrected chi connectivity index (χ1v) is 15.8. The van der Waals surface area contributed by atoms with Gasteiger partial charge in [-0.3, -0.25) is 9.30 Å². The van der Waals surface area contributed by atoms with Gasteiger partial charge < -0.3 is 10.2 Å². The highest BCUT2D eigenvalue weighted by molar-refractivity contribution is 8.15. The van der Waals surface area contributed by atoms with Crippen molar-refractivity contribution in [3.63, 3.8) is 0 Å². The maximum atomic E-state index is 13.0. The number of fused-ring (bicyclic) bond motifs is 1. The molecule has 3 aliphatic rings. The second-order valence-electron chi connectivity index (χ2n) is 8.49. The van der Waals surface area contributed by atoms with Crippen molar-refractivity contribution >= 4 is 59.4 Å². The average molecular weight is 527 g/mol. The van der Waals surface area contributed by atoms with Gasteiger partial charge in [-0.05, 0) is 23.1 Å². The molecule has 2 aromatic rings. The number of hydrogen-bond acceptors (Lipinski definition) is 9. The molecule has 12 heteroatoms. The van der Waals surface area contributed by atoms with E-state index in [-0.39, 0.29) is 17.5 Å². The number of thioether (sulfide) groups is 1.